The Kier molecular flexibility index (Phi) is 3.76. The predicted molar refractivity (Wildman–Crippen MR) is 75.4 cm³/mol. The van der Waals surface area contributed by atoms with Crippen LogP contribution in [0.3, 0.4) is 0 Å². The maximum absolute atomic E-state index is 6.17. The van der Waals surface area contributed by atoms with Crippen LogP contribution in [-0.2, 0) is 11.3 Å². The molecule has 1 aromatic carbocycles. The number of benzene rings is 1. The Morgan fingerprint density at radius 1 is 1.42 bits per heavy atom. The minimum atomic E-state index is 0.158. The van der Waals surface area contributed by atoms with E-state index in [9.17, 15) is 0 Å². The Morgan fingerprint density at radius 3 is 3.05 bits per heavy atom. The SMILES string of the molecule is CNCc1cccc(OC2CCOC3(CCC3)C2)c1. The summed E-state index contributed by atoms with van der Waals surface area (Å²) < 4.78 is 12.1. The lowest BCUT2D eigenvalue weighted by atomic mass is 9.74. The number of nitrogens with one attached hydrogen (secondary N) is 1. The summed E-state index contributed by atoms with van der Waals surface area (Å²) in [4.78, 5) is 0. The fraction of sp³-hybridized carbons (Fsp3) is 0.625. The molecule has 1 N–H and O–H groups in total. The molecular weight excluding hydrogens is 238 g/mol. The van der Waals surface area contributed by atoms with Crippen LogP contribution >= 0.6 is 0 Å². The van der Waals surface area contributed by atoms with Gasteiger partial charge in [0.05, 0.1) is 12.2 Å². The lowest BCUT2D eigenvalue weighted by molar-refractivity contribution is -0.153. The van der Waals surface area contributed by atoms with E-state index in [0.717, 1.165) is 31.7 Å². The fourth-order valence-electron chi connectivity index (χ4n) is 3.13. The van der Waals surface area contributed by atoms with Gasteiger partial charge in [-0.1, -0.05) is 12.1 Å². The maximum Gasteiger partial charge on any atom is 0.120 e. The summed E-state index contributed by atoms with van der Waals surface area (Å²) >= 11 is 0. The second kappa shape index (κ2) is 5.51. The van der Waals surface area contributed by atoms with Crippen LogP contribution in [0.5, 0.6) is 5.75 Å². The van der Waals surface area contributed by atoms with Gasteiger partial charge in [0.15, 0.2) is 0 Å². The Hall–Kier alpha value is -1.06. The van der Waals surface area contributed by atoms with Gasteiger partial charge in [0, 0.05) is 19.4 Å². The van der Waals surface area contributed by atoms with Crippen molar-refractivity contribution in [2.24, 2.45) is 0 Å². The molecule has 3 heteroatoms. The number of hydrogen-bond acceptors (Lipinski definition) is 3. The van der Waals surface area contributed by atoms with Crippen molar-refractivity contribution in [2.45, 2.75) is 50.4 Å². The Morgan fingerprint density at radius 2 is 2.32 bits per heavy atom. The molecule has 3 rings (SSSR count). The van der Waals surface area contributed by atoms with E-state index in [1.165, 1.54) is 24.8 Å². The molecule has 0 radical (unpaired) electrons. The maximum atomic E-state index is 6.17. The molecule has 1 aromatic rings. The van der Waals surface area contributed by atoms with Crippen LogP contribution in [0.15, 0.2) is 24.3 Å². The van der Waals surface area contributed by atoms with Gasteiger partial charge in [-0.05, 0) is 44.0 Å². The fourth-order valence-corrected chi connectivity index (χ4v) is 3.13. The van der Waals surface area contributed by atoms with Crippen molar-refractivity contribution in [1.29, 1.82) is 0 Å². The van der Waals surface area contributed by atoms with Gasteiger partial charge in [-0.15, -0.1) is 0 Å². The van der Waals surface area contributed by atoms with E-state index in [-0.39, 0.29) is 5.60 Å². The summed E-state index contributed by atoms with van der Waals surface area (Å²) in [6.07, 6.45) is 6.13. The van der Waals surface area contributed by atoms with Gasteiger partial charge in [-0.25, -0.2) is 0 Å². The van der Waals surface area contributed by atoms with Crippen molar-refractivity contribution in [3.05, 3.63) is 29.8 Å². The van der Waals surface area contributed by atoms with E-state index in [2.05, 4.69) is 29.6 Å². The largest absolute Gasteiger partial charge is 0.490 e. The van der Waals surface area contributed by atoms with Crippen LogP contribution in [0.2, 0.25) is 0 Å². The summed E-state index contributed by atoms with van der Waals surface area (Å²) in [6.45, 7) is 1.73. The molecule has 2 aliphatic rings. The van der Waals surface area contributed by atoms with Crippen LogP contribution in [0.25, 0.3) is 0 Å². The van der Waals surface area contributed by atoms with Crippen LogP contribution in [0, 0.1) is 0 Å². The number of hydrogen-bond donors (Lipinski definition) is 1. The lowest BCUT2D eigenvalue weighted by Gasteiger charge is -2.46. The highest BCUT2D eigenvalue weighted by molar-refractivity contribution is 5.28. The van der Waals surface area contributed by atoms with Crippen molar-refractivity contribution in [2.75, 3.05) is 13.7 Å². The van der Waals surface area contributed by atoms with Crippen molar-refractivity contribution < 1.29 is 9.47 Å². The topological polar surface area (TPSA) is 30.5 Å². The van der Waals surface area contributed by atoms with E-state index in [1.807, 2.05) is 7.05 Å². The summed E-state index contributed by atoms with van der Waals surface area (Å²) in [5.74, 6) is 0.995. The molecule has 0 amide bonds. The van der Waals surface area contributed by atoms with Crippen molar-refractivity contribution >= 4 is 0 Å². The average Bonchev–Trinajstić information content (AvgIpc) is 2.38. The highest BCUT2D eigenvalue weighted by atomic mass is 16.5. The zero-order valence-corrected chi connectivity index (χ0v) is 11.7. The zero-order chi connectivity index (χ0) is 13.1. The van der Waals surface area contributed by atoms with Gasteiger partial charge in [-0.2, -0.15) is 0 Å². The first-order valence-electron chi connectivity index (χ1n) is 7.34. The second-order valence-electron chi connectivity index (χ2n) is 5.80. The first-order valence-corrected chi connectivity index (χ1v) is 7.34. The van der Waals surface area contributed by atoms with Gasteiger partial charge in [0.2, 0.25) is 0 Å². The van der Waals surface area contributed by atoms with Gasteiger partial charge in [-0.3, -0.25) is 0 Å². The van der Waals surface area contributed by atoms with E-state index in [1.54, 1.807) is 0 Å². The van der Waals surface area contributed by atoms with Crippen LogP contribution in [0.1, 0.15) is 37.7 Å². The molecule has 1 saturated heterocycles. The monoisotopic (exact) mass is 261 g/mol. The first-order chi connectivity index (χ1) is 9.30. The quantitative estimate of drug-likeness (QED) is 0.904. The predicted octanol–water partition coefficient (Wildman–Crippen LogP) is 2.89. The molecule has 1 unspecified atom stereocenters. The first kappa shape index (κ1) is 12.9. The Labute approximate surface area is 115 Å². The molecule has 0 bridgehead atoms. The normalized spacial score (nSPS) is 25.0. The van der Waals surface area contributed by atoms with Crippen molar-refractivity contribution in [3.8, 4) is 5.75 Å². The Bertz CT molecular complexity index is 429. The molecule has 1 aliphatic carbocycles. The third-order valence-electron chi connectivity index (χ3n) is 4.29. The third kappa shape index (κ3) is 2.93. The molecular formula is C16H23NO2. The highest BCUT2D eigenvalue weighted by Crippen LogP contribution is 2.43. The van der Waals surface area contributed by atoms with E-state index in [4.69, 9.17) is 9.47 Å². The van der Waals surface area contributed by atoms with Crippen LogP contribution in [0.4, 0.5) is 0 Å². The van der Waals surface area contributed by atoms with Gasteiger partial charge >= 0.3 is 0 Å². The molecule has 2 fully saturated rings. The molecule has 3 nitrogen and oxygen atoms in total. The van der Waals surface area contributed by atoms with Gasteiger partial charge in [0.25, 0.3) is 0 Å². The molecule has 1 saturated carbocycles. The molecule has 0 aromatic heterocycles. The number of ether oxygens (including phenoxy) is 2. The molecule has 1 heterocycles. The van der Waals surface area contributed by atoms with Crippen LogP contribution < -0.4 is 10.1 Å². The highest BCUT2D eigenvalue weighted by Gasteiger charge is 2.43. The van der Waals surface area contributed by atoms with Crippen LogP contribution in [-0.4, -0.2) is 25.4 Å². The van der Waals surface area contributed by atoms with Gasteiger partial charge in [0.1, 0.15) is 11.9 Å². The summed E-state index contributed by atoms with van der Waals surface area (Å²) in [5, 5.41) is 3.17. The minimum Gasteiger partial charge on any atom is -0.490 e. The van der Waals surface area contributed by atoms with Gasteiger partial charge < -0.3 is 14.8 Å². The molecule has 19 heavy (non-hydrogen) atoms. The second-order valence-corrected chi connectivity index (χ2v) is 5.80. The number of rotatable bonds is 4. The summed E-state index contributed by atoms with van der Waals surface area (Å²) in [6, 6.07) is 8.39. The smallest absolute Gasteiger partial charge is 0.120 e. The van der Waals surface area contributed by atoms with Crippen molar-refractivity contribution in [1.82, 2.24) is 5.32 Å². The lowest BCUT2D eigenvalue weighted by Crippen LogP contribution is -2.48. The Balaban J connectivity index is 1.62. The summed E-state index contributed by atoms with van der Waals surface area (Å²) in [7, 11) is 1.96. The molecule has 1 spiro atoms. The minimum absolute atomic E-state index is 0.158. The van der Waals surface area contributed by atoms with E-state index >= 15 is 0 Å². The van der Waals surface area contributed by atoms with Crippen molar-refractivity contribution in [3.63, 3.8) is 0 Å². The zero-order valence-electron chi connectivity index (χ0n) is 11.7. The standard InChI is InChI=1S/C16H23NO2/c1-17-12-13-4-2-5-14(10-13)19-15-6-9-18-16(11-15)7-3-8-16/h2,4-5,10,15,17H,3,6-9,11-12H2,1H3. The molecule has 1 aliphatic heterocycles. The van der Waals surface area contributed by atoms with E-state index in [0.29, 0.717) is 6.10 Å². The molecule has 104 valence electrons. The average molecular weight is 261 g/mol. The van der Waals surface area contributed by atoms with E-state index < -0.39 is 0 Å². The summed E-state index contributed by atoms with van der Waals surface area (Å²) in [5.41, 5.74) is 1.43. The third-order valence-corrected chi connectivity index (χ3v) is 4.29. The molecule has 1 atom stereocenters.